The zero-order valence-corrected chi connectivity index (χ0v) is 9.63. The minimum atomic E-state index is -0.804. The van der Waals surface area contributed by atoms with Crippen molar-refractivity contribution in [1.29, 1.82) is 0 Å². The van der Waals surface area contributed by atoms with Gasteiger partial charge < -0.3 is 0 Å². The van der Waals surface area contributed by atoms with Gasteiger partial charge in [0.05, 0.1) is 19.6 Å². The van der Waals surface area contributed by atoms with Crippen molar-refractivity contribution in [2.75, 3.05) is 0 Å². The molecule has 92 valence electrons. The van der Waals surface area contributed by atoms with Crippen LogP contribution in [0, 0.1) is 24.7 Å². The van der Waals surface area contributed by atoms with Crippen LogP contribution in [0.25, 0.3) is 0 Å². The van der Waals surface area contributed by atoms with E-state index in [1.54, 1.807) is 0 Å². The van der Waals surface area contributed by atoms with Crippen LogP contribution in [0.3, 0.4) is 0 Å². The number of allylic oxidation sites excluding steroid dienone is 1. The average molecular weight is 245 g/mol. The van der Waals surface area contributed by atoms with Gasteiger partial charge in [0.15, 0.2) is 0 Å². The molecule has 0 saturated heterocycles. The van der Waals surface area contributed by atoms with Gasteiger partial charge in [-0.3, -0.25) is 0 Å². The first kappa shape index (κ1) is 13.3. The minimum Gasteiger partial charge on any atom is -0.247 e. The van der Waals surface area contributed by atoms with E-state index in [0.717, 1.165) is 13.7 Å². The van der Waals surface area contributed by atoms with Crippen molar-refractivity contribution in [3.63, 3.8) is 0 Å². The molecule has 0 aliphatic carbocycles. The van der Waals surface area contributed by atoms with E-state index in [4.69, 9.17) is 12.8 Å². The SMILES string of the molecule is C#CCn1c(=O)n(CC#C)c(=O)n(CC=C)c1=O. The first-order chi connectivity index (χ1) is 8.58. The number of rotatable bonds is 4. The Morgan fingerprint density at radius 2 is 1.33 bits per heavy atom. The monoisotopic (exact) mass is 245 g/mol. The molecule has 1 heterocycles. The smallest absolute Gasteiger partial charge is 0.247 e. The molecule has 0 fully saturated rings. The zero-order chi connectivity index (χ0) is 13.7. The number of terminal acetylenes is 2. The number of nitrogens with zero attached hydrogens (tertiary/aromatic N) is 3. The van der Waals surface area contributed by atoms with E-state index < -0.39 is 17.1 Å². The molecule has 0 saturated carbocycles. The summed E-state index contributed by atoms with van der Waals surface area (Å²) in [4.78, 5) is 35.6. The van der Waals surface area contributed by atoms with Gasteiger partial charge in [-0.15, -0.1) is 19.4 Å². The molecule has 18 heavy (non-hydrogen) atoms. The molecular formula is C12H11N3O3. The van der Waals surface area contributed by atoms with Crippen molar-refractivity contribution in [1.82, 2.24) is 13.7 Å². The molecule has 1 rings (SSSR count). The fraction of sp³-hybridized carbons (Fsp3) is 0.250. The summed E-state index contributed by atoms with van der Waals surface area (Å²) < 4.78 is 2.41. The van der Waals surface area contributed by atoms with Crippen molar-refractivity contribution in [3.8, 4) is 24.7 Å². The van der Waals surface area contributed by atoms with Crippen LogP contribution in [0.5, 0.6) is 0 Å². The highest BCUT2D eigenvalue weighted by atomic mass is 16.2. The van der Waals surface area contributed by atoms with Gasteiger partial charge in [-0.2, -0.15) is 0 Å². The molecule has 1 aromatic heterocycles. The molecule has 1 aromatic rings. The Balaban J connectivity index is 3.78. The van der Waals surface area contributed by atoms with E-state index in [1.807, 2.05) is 0 Å². The predicted molar refractivity (Wildman–Crippen MR) is 67.1 cm³/mol. The molecule has 0 aliphatic rings. The first-order valence-corrected chi connectivity index (χ1v) is 5.00. The standard InChI is InChI=1S/C12H11N3O3/c1-4-7-13-10(16)14(8-5-2)12(18)15(9-6-3)11(13)17/h1-2,6H,3,7-9H2. The van der Waals surface area contributed by atoms with E-state index in [-0.39, 0.29) is 19.6 Å². The summed E-state index contributed by atoms with van der Waals surface area (Å²) in [5.74, 6) is 4.36. The Kier molecular flexibility index (Phi) is 4.11. The maximum Gasteiger partial charge on any atom is 0.338 e. The highest BCUT2D eigenvalue weighted by Gasteiger charge is 2.12. The van der Waals surface area contributed by atoms with Gasteiger partial charge in [0.1, 0.15) is 0 Å². The Bertz CT molecular complexity index is 665. The van der Waals surface area contributed by atoms with Gasteiger partial charge in [0.25, 0.3) is 0 Å². The second kappa shape index (κ2) is 5.55. The van der Waals surface area contributed by atoms with Crippen LogP contribution in [0.15, 0.2) is 27.0 Å². The molecule has 0 aliphatic heterocycles. The second-order valence-electron chi connectivity index (χ2n) is 3.33. The Hall–Kier alpha value is -2.73. The van der Waals surface area contributed by atoms with E-state index in [9.17, 15) is 14.4 Å². The van der Waals surface area contributed by atoms with Crippen molar-refractivity contribution in [2.45, 2.75) is 19.6 Å². The molecule has 6 heteroatoms. The normalized spacial score (nSPS) is 9.44. The largest absolute Gasteiger partial charge is 0.338 e. The van der Waals surface area contributed by atoms with Crippen LogP contribution >= 0.6 is 0 Å². The lowest BCUT2D eigenvalue weighted by atomic mass is 10.5. The van der Waals surface area contributed by atoms with Gasteiger partial charge in [-0.25, -0.2) is 28.1 Å². The number of hydrogen-bond donors (Lipinski definition) is 0. The lowest BCUT2D eigenvalue weighted by Crippen LogP contribution is -2.54. The van der Waals surface area contributed by atoms with E-state index in [0.29, 0.717) is 0 Å². The third-order valence-electron chi connectivity index (χ3n) is 2.20. The van der Waals surface area contributed by atoms with Crippen molar-refractivity contribution >= 4 is 0 Å². The zero-order valence-electron chi connectivity index (χ0n) is 9.63. The predicted octanol–water partition coefficient (Wildman–Crippen LogP) is -1.38. The molecular weight excluding hydrogens is 234 g/mol. The van der Waals surface area contributed by atoms with Crippen LogP contribution in [-0.4, -0.2) is 13.7 Å². The Morgan fingerprint density at radius 3 is 1.67 bits per heavy atom. The van der Waals surface area contributed by atoms with Gasteiger partial charge in [0.2, 0.25) is 0 Å². The summed E-state index contributed by atoms with van der Waals surface area (Å²) in [6, 6.07) is 0. The Labute approximate surface area is 103 Å². The van der Waals surface area contributed by atoms with Gasteiger partial charge in [-0.1, -0.05) is 17.9 Å². The number of hydrogen-bond acceptors (Lipinski definition) is 3. The molecule has 0 atom stereocenters. The maximum atomic E-state index is 11.9. The van der Waals surface area contributed by atoms with Crippen LogP contribution in [0.4, 0.5) is 0 Å². The van der Waals surface area contributed by atoms with E-state index in [1.165, 1.54) is 6.08 Å². The number of aromatic nitrogens is 3. The quantitative estimate of drug-likeness (QED) is 0.485. The summed E-state index contributed by atoms with van der Waals surface area (Å²) >= 11 is 0. The average Bonchev–Trinajstić information content (AvgIpc) is 2.35. The van der Waals surface area contributed by atoms with Crippen LogP contribution < -0.4 is 17.1 Å². The molecule has 6 nitrogen and oxygen atoms in total. The van der Waals surface area contributed by atoms with Crippen molar-refractivity contribution in [2.24, 2.45) is 0 Å². The molecule has 0 unspecified atom stereocenters. The minimum absolute atomic E-state index is 0.0207. The first-order valence-electron chi connectivity index (χ1n) is 5.00. The summed E-state index contributed by atoms with van der Waals surface area (Å²) in [5.41, 5.74) is -2.34. The van der Waals surface area contributed by atoms with E-state index >= 15 is 0 Å². The van der Waals surface area contributed by atoms with Crippen LogP contribution in [-0.2, 0) is 19.6 Å². The molecule has 0 bridgehead atoms. The highest BCUT2D eigenvalue weighted by Crippen LogP contribution is 1.77. The van der Waals surface area contributed by atoms with E-state index in [2.05, 4.69) is 18.4 Å². The van der Waals surface area contributed by atoms with Gasteiger partial charge in [-0.05, 0) is 0 Å². The lowest BCUT2D eigenvalue weighted by Gasteiger charge is -2.09. The molecule has 0 N–H and O–H groups in total. The topological polar surface area (TPSA) is 66.0 Å². The third kappa shape index (κ3) is 2.18. The summed E-state index contributed by atoms with van der Waals surface area (Å²) in [5, 5.41) is 0. The fourth-order valence-electron chi connectivity index (χ4n) is 1.42. The van der Waals surface area contributed by atoms with Crippen molar-refractivity contribution < 1.29 is 0 Å². The molecule has 0 amide bonds. The maximum absolute atomic E-state index is 11.9. The summed E-state index contributed by atoms with van der Waals surface area (Å²) in [7, 11) is 0. The molecule has 0 aromatic carbocycles. The van der Waals surface area contributed by atoms with Gasteiger partial charge >= 0.3 is 17.1 Å². The van der Waals surface area contributed by atoms with Crippen LogP contribution in [0.2, 0.25) is 0 Å². The summed E-state index contributed by atoms with van der Waals surface area (Å²) in [6.45, 7) is 2.97. The van der Waals surface area contributed by atoms with Crippen molar-refractivity contribution in [3.05, 3.63) is 44.1 Å². The van der Waals surface area contributed by atoms with Crippen LogP contribution in [0.1, 0.15) is 0 Å². The third-order valence-corrected chi connectivity index (χ3v) is 2.20. The molecule has 0 spiro atoms. The highest BCUT2D eigenvalue weighted by molar-refractivity contribution is 4.92. The molecule has 0 radical (unpaired) electrons. The Morgan fingerprint density at radius 1 is 0.944 bits per heavy atom. The fourth-order valence-corrected chi connectivity index (χ4v) is 1.42. The van der Waals surface area contributed by atoms with Gasteiger partial charge in [0, 0.05) is 0 Å². The second-order valence-corrected chi connectivity index (χ2v) is 3.33. The lowest BCUT2D eigenvalue weighted by molar-refractivity contribution is 0.508. The summed E-state index contributed by atoms with van der Waals surface area (Å²) in [6.07, 6.45) is 11.5.